The zero-order valence-electron chi connectivity index (χ0n) is 7.66. The summed E-state index contributed by atoms with van der Waals surface area (Å²) >= 11 is 0. The molecular formula is C9H16N2O2. The summed E-state index contributed by atoms with van der Waals surface area (Å²) in [5, 5.41) is 2.79. The molecule has 0 spiro atoms. The molecule has 3 N–H and O–H groups in total. The van der Waals surface area contributed by atoms with Crippen molar-refractivity contribution < 1.29 is 9.53 Å². The predicted octanol–water partition coefficient (Wildman–Crippen LogP) is 0.755. The summed E-state index contributed by atoms with van der Waals surface area (Å²) in [6.07, 6.45) is 4.69. The fraction of sp³-hybridized carbons (Fsp3) is 0.889. The molecule has 2 fully saturated rings. The summed E-state index contributed by atoms with van der Waals surface area (Å²) < 4.78 is 5.20. The minimum Gasteiger partial charge on any atom is -0.446 e. The maximum Gasteiger partial charge on any atom is 0.407 e. The van der Waals surface area contributed by atoms with Crippen LogP contribution < -0.4 is 11.1 Å². The number of nitrogens with one attached hydrogen (secondary N) is 1. The van der Waals surface area contributed by atoms with Crippen molar-refractivity contribution in [3.63, 3.8) is 0 Å². The first-order chi connectivity index (χ1) is 6.24. The van der Waals surface area contributed by atoms with Crippen molar-refractivity contribution in [2.75, 3.05) is 0 Å². The molecule has 2 rings (SSSR count). The Bertz CT molecular complexity index is 204. The van der Waals surface area contributed by atoms with Crippen LogP contribution in [-0.2, 0) is 4.74 Å². The lowest BCUT2D eigenvalue weighted by atomic mass is 10.3. The zero-order valence-corrected chi connectivity index (χ0v) is 7.66. The summed E-state index contributed by atoms with van der Waals surface area (Å²) in [7, 11) is 0. The molecule has 0 aromatic carbocycles. The molecule has 0 bridgehead atoms. The van der Waals surface area contributed by atoms with Gasteiger partial charge in [-0.15, -0.1) is 0 Å². The molecule has 2 unspecified atom stereocenters. The number of hydrogen-bond acceptors (Lipinski definition) is 3. The van der Waals surface area contributed by atoms with Crippen molar-refractivity contribution in [3.8, 4) is 0 Å². The van der Waals surface area contributed by atoms with E-state index in [0.29, 0.717) is 6.04 Å². The van der Waals surface area contributed by atoms with Crippen LogP contribution in [0.25, 0.3) is 0 Å². The van der Waals surface area contributed by atoms with E-state index in [2.05, 4.69) is 5.32 Å². The molecule has 1 amide bonds. The van der Waals surface area contributed by atoms with Crippen molar-refractivity contribution in [2.24, 2.45) is 5.73 Å². The third-order valence-electron chi connectivity index (χ3n) is 2.60. The molecule has 2 saturated carbocycles. The maximum absolute atomic E-state index is 11.2. The van der Waals surface area contributed by atoms with Gasteiger partial charge in [0.1, 0.15) is 6.10 Å². The van der Waals surface area contributed by atoms with E-state index in [4.69, 9.17) is 10.5 Å². The third kappa shape index (κ3) is 2.59. The van der Waals surface area contributed by atoms with Gasteiger partial charge in [0.15, 0.2) is 0 Å². The van der Waals surface area contributed by atoms with E-state index in [0.717, 1.165) is 32.1 Å². The van der Waals surface area contributed by atoms with E-state index in [1.54, 1.807) is 0 Å². The lowest BCUT2D eigenvalue weighted by Crippen LogP contribution is -2.30. The third-order valence-corrected chi connectivity index (χ3v) is 2.60. The first kappa shape index (κ1) is 8.81. The number of ether oxygens (including phenoxy) is 1. The molecular weight excluding hydrogens is 168 g/mol. The normalized spacial score (nSPS) is 33.0. The highest BCUT2D eigenvalue weighted by molar-refractivity contribution is 5.68. The monoisotopic (exact) mass is 184 g/mol. The Morgan fingerprint density at radius 1 is 1.31 bits per heavy atom. The summed E-state index contributed by atoms with van der Waals surface area (Å²) in [5.41, 5.74) is 5.70. The largest absolute Gasteiger partial charge is 0.446 e. The lowest BCUT2D eigenvalue weighted by Gasteiger charge is -2.11. The number of nitrogens with two attached hydrogens (primary N) is 1. The fourth-order valence-electron chi connectivity index (χ4n) is 1.66. The lowest BCUT2D eigenvalue weighted by molar-refractivity contribution is 0.0999. The fourth-order valence-corrected chi connectivity index (χ4v) is 1.66. The van der Waals surface area contributed by atoms with Crippen LogP contribution in [0.3, 0.4) is 0 Å². The number of amides is 1. The van der Waals surface area contributed by atoms with Gasteiger partial charge in [-0.1, -0.05) is 0 Å². The first-order valence-electron chi connectivity index (χ1n) is 4.97. The number of carbonyl (C=O) groups excluding carboxylic acids is 1. The van der Waals surface area contributed by atoms with Crippen molar-refractivity contribution in [1.82, 2.24) is 5.32 Å². The average Bonchev–Trinajstić information content (AvgIpc) is 2.76. The number of hydrogen-bond donors (Lipinski definition) is 2. The van der Waals surface area contributed by atoms with Crippen LogP contribution >= 0.6 is 0 Å². The van der Waals surface area contributed by atoms with Crippen molar-refractivity contribution in [1.29, 1.82) is 0 Å². The molecule has 0 saturated heterocycles. The summed E-state index contributed by atoms with van der Waals surface area (Å²) in [6, 6.07) is 0.598. The topological polar surface area (TPSA) is 64.3 Å². The van der Waals surface area contributed by atoms with Gasteiger partial charge in [-0.2, -0.15) is 0 Å². The molecule has 4 heteroatoms. The maximum atomic E-state index is 11.2. The average molecular weight is 184 g/mol. The van der Waals surface area contributed by atoms with Gasteiger partial charge in [-0.05, 0) is 32.1 Å². The second-order valence-corrected chi connectivity index (χ2v) is 4.02. The molecule has 2 aliphatic rings. The SMILES string of the molecule is NC1CCC(OC(=O)NC2CC2)C1. The Balaban J connectivity index is 1.67. The minimum atomic E-state index is -0.262. The van der Waals surface area contributed by atoms with Gasteiger partial charge in [0.05, 0.1) is 0 Å². The van der Waals surface area contributed by atoms with Gasteiger partial charge in [-0.25, -0.2) is 4.79 Å². The Morgan fingerprint density at radius 2 is 2.08 bits per heavy atom. The minimum absolute atomic E-state index is 0.0498. The number of rotatable bonds is 2. The second kappa shape index (κ2) is 3.54. The van der Waals surface area contributed by atoms with Crippen LogP contribution in [0.1, 0.15) is 32.1 Å². The number of alkyl carbamates (subject to hydrolysis) is 1. The highest BCUT2D eigenvalue weighted by Gasteiger charge is 2.28. The van der Waals surface area contributed by atoms with Crippen molar-refractivity contribution >= 4 is 6.09 Å². The molecule has 0 aliphatic heterocycles. The van der Waals surface area contributed by atoms with Gasteiger partial charge in [0.25, 0.3) is 0 Å². The van der Waals surface area contributed by atoms with Gasteiger partial charge < -0.3 is 15.8 Å². The van der Waals surface area contributed by atoms with Crippen LogP contribution in [-0.4, -0.2) is 24.3 Å². The summed E-state index contributed by atoms with van der Waals surface area (Å²) in [6.45, 7) is 0. The van der Waals surface area contributed by atoms with Gasteiger partial charge in [0.2, 0.25) is 0 Å². The van der Waals surface area contributed by atoms with Gasteiger partial charge in [-0.3, -0.25) is 0 Å². The van der Waals surface area contributed by atoms with E-state index in [1.807, 2.05) is 0 Å². The van der Waals surface area contributed by atoms with E-state index in [-0.39, 0.29) is 18.2 Å². The van der Waals surface area contributed by atoms with Crippen LogP contribution in [0, 0.1) is 0 Å². The van der Waals surface area contributed by atoms with Crippen molar-refractivity contribution in [2.45, 2.75) is 50.3 Å². The van der Waals surface area contributed by atoms with E-state index < -0.39 is 0 Å². The summed E-state index contributed by atoms with van der Waals surface area (Å²) in [5.74, 6) is 0. The molecule has 0 aromatic rings. The number of carbonyl (C=O) groups is 1. The molecule has 0 heterocycles. The zero-order chi connectivity index (χ0) is 9.26. The van der Waals surface area contributed by atoms with Crippen molar-refractivity contribution in [3.05, 3.63) is 0 Å². The predicted molar refractivity (Wildman–Crippen MR) is 48.3 cm³/mol. The van der Waals surface area contributed by atoms with E-state index in [1.165, 1.54) is 0 Å². The van der Waals surface area contributed by atoms with Crippen LogP contribution in [0.4, 0.5) is 4.79 Å². The Hall–Kier alpha value is -0.770. The molecule has 0 aromatic heterocycles. The Kier molecular flexibility index (Phi) is 2.40. The standard InChI is InChI=1S/C9H16N2O2/c10-6-1-4-8(5-6)13-9(12)11-7-2-3-7/h6-8H,1-5,10H2,(H,11,12). The molecule has 2 atom stereocenters. The highest BCUT2D eigenvalue weighted by atomic mass is 16.6. The van der Waals surface area contributed by atoms with Gasteiger partial charge >= 0.3 is 6.09 Å². The van der Waals surface area contributed by atoms with Crippen LogP contribution in [0.15, 0.2) is 0 Å². The van der Waals surface area contributed by atoms with E-state index in [9.17, 15) is 4.79 Å². The Morgan fingerprint density at radius 3 is 2.62 bits per heavy atom. The molecule has 74 valence electrons. The molecule has 0 radical (unpaired) electrons. The highest BCUT2D eigenvalue weighted by Crippen LogP contribution is 2.22. The summed E-state index contributed by atoms with van der Waals surface area (Å²) in [4.78, 5) is 11.2. The first-order valence-corrected chi connectivity index (χ1v) is 4.97. The van der Waals surface area contributed by atoms with Crippen LogP contribution in [0.2, 0.25) is 0 Å². The smallest absolute Gasteiger partial charge is 0.407 e. The quantitative estimate of drug-likeness (QED) is 0.665. The second-order valence-electron chi connectivity index (χ2n) is 4.02. The Labute approximate surface area is 77.8 Å². The molecule has 2 aliphatic carbocycles. The van der Waals surface area contributed by atoms with Crippen LogP contribution in [0.5, 0.6) is 0 Å². The molecule has 4 nitrogen and oxygen atoms in total. The van der Waals surface area contributed by atoms with E-state index >= 15 is 0 Å². The van der Waals surface area contributed by atoms with Gasteiger partial charge in [0, 0.05) is 12.1 Å². The molecule has 13 heavy (non-hydrogen) atoms.